The van der Waals surface area contributed by atoms with E-state index < -0.39 is 18.5 Å². The van der Waals surface area contributed by atoms with E-state index in [4.69, 9.17) is 4.74 Å². The second-order valence-electron chi connectivity index (χ2n) is 6.56. The molecule has 0 bridgehead atoms. The minimum atomic E-state index is -0.557. The molecule has 7 nitrogen and oxygen atoms in total. The van der Waals surface area contributed by atoms with E-state index in [9.17, 15) is 14.4 Å². The van der Waals surface area contributed by atoms with Gasteiger partial charge in [-0.1, -0.05) is 37.3 Å². The second-order valence-corrected chi connectivity index (χ2v) is 6.56. The predicted octanol–water partition coefficient (Wildman–Crippen LogP) is 1.95. The molecule has 2 amide bonds. The molecule has 150 valence electrons. The van der Waals surface area contributed by atoms with E-state index in [1.807, 2.05) is 55.7 Å². The van der Waals surface area contributed by atoms with E-state index in [1.54, 1.807) is 6.07 Å². The van der Waals surface area contributed by atoms with Gasteiger partial charge in [0.1, 0.15) is 0 Å². The molecule has 7 heteroatoms. The Kier molecular flexibility index (Phi) is 7.80. The van der Waals surface area contributed by atoms with Crippen molar-refractivity contribution in [3.8, 4) is 0 Å². The van der Waals surface area contributed by atoms with Crippen molar-refractivity contribution in [2.75, 3.05) is 19.7 Å². The molecule has 1 aromatic heterocycles. The van der Waals surface area contributed by atoms with Crippen LogP contribution in [0.5, 0.6) is 0 Å². The van der Waals surface area contributed by atoms with Crippen molar-refractivity contribution < 1.29 is 19.1 Å². The van der Waals surface area contributed by atoms with Crippen molar-refractivity contribution in [3.05, 3.63) is 58.9 Å². The molecule has 0 fully saturated rings. The fourth-order valence-electron chi connectivity index (χ4n) is 2.78. The Hall–Kier alpha value is -3.09. The standard InChI is InChI=1S/C21H27N3O4/c1-4-10-22-19(25)12-23-20(26)14-28-21(27)18-11-15(2)24(16(18)3)13-17-8-6-5-7-9-17/h5-9,11H,4,10,12-14H2,1-3H3,(H,22,25)(H,23,26). The van der Waals surface area contributed by atoms with Gasteiger partial charge in [-0.3, -0.25) is 9.59 Å². The van der Waals surface area contributed by atoms with E-state index in [0.29, 0.717) is 18.7 Å². The molecule has 0 atom stereocenters. The summed E-state index contributed by atoms with van der Waals surface area (Å²) in [5.41, 5.74) is 3.28. The Bertz CT molecular complexity index is 828. The molecule has 0 unspecified atom stereocenters. The van der Waals surface area contributed by atoms with Gasteiger partial charge < -0.3 is 19.9 Å². The summed E-state index contributed by atoms with van der Waals surface area (Å²) in [6.07, 6.45) is 0.819. The minimum Gasteiger partial charge on any atom is -0.452 e. The molecule has 1 heterocycles. The summed E-state index contributed by atoms with van der Waals surface area (Å²) in [5.74, 6) is -1.35. The summed E-state index contributed by atoms with van der Waals surface area (Å²) in [6.45, 7) is 6.36. The first-order chi connectivity index (χ1) is 13.4. The number of aromatic nitrogens is 1. The monoisotopic (exact) mass is 385 g/mol. The molecule has 0 aliphatic heterocycles. The second kappa shape index (κ2) is 10.3. The van der Waals surface area contributed by atoms with Crippen LogP contribution in [-0.4, -0.2) is 42.0 Å². The highest BCUT2D eigenvalue weighted by molar-refractivity contribution is 5.93. The molecule has 2 rings (SSSR count). The zero-order valence-electron chi connectivity index (χ0n) is 16.6. The number of hydrogen-bond acceptors (Lipinski definition) is 4. The first-order valence-electron chi connectivity index (χ1n) is 9.33. The van der Waals surface area contributed by atoms with Crippen molar-refractivity contribution >= 4 is 17.8 Å². The number of esters is 1. The Morgan fingerprint density at radius 1 is 1.04 bits per heavy atom. The predicted molar refractivity (Wildman–Crippen MR) is 106 cm³/mol. The first kappa shape index (κ1) is 21.2. The van der Waals surface area contributed by atoms with Gasteiger partial charge in [0.05, 0.1) is 12.1 Å². The van der Waals surface area contributed by atoms with E-state index >= 15 is 0 Å². The average molecular weight is 385 g/mol. The molecule has 2 N–H and O–H groups in total. The van der Waals surface area contributed by atoms with Gasteiger partial charge >= 0.3 is 5.97 Å². The van der Waals surface area contributed by atoms with Crippen LogP contribution < -0.4 is 10.6 Å². The summed E-state index contributed by atoms with van der Waals surface area (Å²) in [4.78, 5) is 35.6. The Morgan fingerprint density at radius 2 is 1.75 bits per heavy atom. The number of amides is 2. The van der Waals surface area contributed by atoms with Gasteiger partial charge in [-0.05, 0) is 31.9 Å². The third-order valence-corrected chi connectivity index (χ3v) is 4.33. The van der Waals surface area contributed by atoms with Crippen molar-refractivity contribution in [2.45, 2.75) is 33.7 Å². The summed E-state index contributed by atoms with van der Waals surface area (Å²) >= 11 is 0. The van der Waals surface area contributed by atoms with Crippen LogP contribution in [0.25, 0.3) is 0 Å². The highest BCUT2D eigenvalue weighted by atomic mass is 16.5. The number of benzene rings is 1. The van der Waals surface area contributed by atoms with Gasteiger partial charge in [-0.15, -0.1) is 0 Å². The number of ether oxygens (including phenoxy) is 1. The van der Waals surface area contributed by atoms with E-state index in [2.05, 4.69) is 10.6 Å². The molecule has 1 aromatic carbocycles. The Balaban J connectivity index is 1.89. The average Bonchev–Trinajstić information content (AvgIpc) is 2.98. The fraction of sp³-hybridized carbons (Fsp3) is 0.381. The van der Waals surface area contributed by atoms with Crippen LogP contribution in [0.2, 0.25) is 0 Å². The normalized spacial score (nSPS) is 10.4. The number of carbonyl (C=O) groups is 3. The molecule has 28 heavy (non-hydrogen) atoms. The molecule has 0 aliphatic rings. The van der Waals surface area contributed by atoms with Crippen LogP contribution >= 0.6 is 0 Å². The van der Waals surface area contributed by atoms with Gasteiger partial charge in [0.15, 0.2) is 6.61 Å². The summed E-state index contributed by atoms with van der Waals surface area (Å²) in [6, 6.07) is 11.7. The molecular formula is C21H27N3O4. The quantitative estimate of drug-likeness (QED) is 0.646. The van der Waals surface area contributed by atoms with Gasteiger partial charge in [-0.2, -0.15) is 0 Å². The van der Waals surface area contributed by atoms with Crippen molar-refractivity contribution in [2.24, 2.45) is 0 Å². The lowest BCUT2D eigenvalue weighted by atomic mass is 10.2. The SMILES string of the molecule is CCCNC(=O)CNC(=O)COC(=O)c1cc(C)n(Cc2ccccc2)c1C. The summed E-state index contributed by atoms with van der Waals surface area (Å²) in [7, 11) is 0. The van der Waals surface area contributed by atoms with E-state index in [-0.39, 0.29) is 12.5 Å². The van der Waals surface area contributed by atoms with Crippen LogP contribution in [0.15, 0.2) is 36.4 Å². The topological polar surface area (TPSA) is 89.4 Å². The molecule has 0 aliphatic carbocycles. The van der Waals surface area contributed by atoms with Crippen LogP contribution in [0, 0.1) is 13.8 Å². The first-order valence-corrected chi connectivity index (χ1v) is 9.33. The van der Waals surface area contributed by atoms with Crippen LogP contribution in [-0.2, 0) is 20.9 Å². The Morgan fingerprint density at radius 3 is 2.43 bits per heavy atom. The third-order valence-electron chi connectivity index (χ3n) is 4.33. The molecule has 0 radical (unpaired) electrons. The fourth-order valence-corrected chi connectivity index (χ4v) is 2.78. The van der Waals surface area contributed by atoms with Gasteiger partial charge in [0.25, 0.3) is 5.91 Å². The smallest absolute Gasteiger partial charge is 0.340 e. The van der Waals surface area contributed by atoms with Gasteiger partial charge in [-0.25, -0.2) is 4.79 Å². The largest absolute Gasteiger partial charge is 0.452 e. The maximum atomic E-state index is 12.4. The number of nitrogens with zero attached hydrogens (tertiary/aromatic N) is 1. The zero-order valence-corrected chi connectivity index (χ0v) is 16.6. The van der Waals surface area contributed by atoms with Crippen LogP contribution in [0.4, 0.5) is 0 Å². The molecular weight excluding hydrogens is 358 g/mol. The zero-order chi connectivity index (χ0) is 20.5. The maximum Gasteiger partial charge on any atom is 0.340 e. The lowest BCUT2D eigenvalue weighted by Crippen LogP contribution is -2.38. The Labute approximate surface area is 165 Å². The number of aryl methyl sites for hydroxylation is 1. The van der Waals surface area contributed by atoms with Crippen LogP contribution in [0.1, 0.15) is 40.7 Å². The van der Waals surface area contributed by atoms with E-state index in [1.165, 1.54) is 0 Å². The molecule has 0 saturated heterocycles. The highest BCUT2D eigenvalue weighted by Crippen LogP contribution is 2.18. The minimum absolute atomic E-state index is 0.137. The highest BCUT2D eigenvalue weighted by Gasteiger charge is 2.18. The number of carbonyl (C=O) groups excluding carboxylic acids is 3. The molecule has 0 saturated carbocycles. The number of nitrogens with one attached hydrogen (secondary N) is 2. The maximum absolute atomic E-state index is 12.4. The van der Waals surface area contributed by atoms with Crippen molar-refractivity contribution in [3.63, 3.8) is 0 Å². The molecule has 2 aromatic rings. The summed E-state index contributed by atoms with van der Waals surface area (Å²) in [5, 5.41) is 5.08. The number of hydrogen-bond donors (Lipinski definition) is 2. The van der Waals surface area contributed by atoms with Crippen molar-refractivity contribution in [1.29, 1.82) is 0 Å². The summed E-state index contributed by atoms with van der Waals surface area (Å²) < 4.78 is 7.14. The van der Waals surface area contributed by atoms with Crippen LogP contribution in [0.3, 0.4) is 0 Å². The lowest BCUT2D eigenvalue weighted by Gasteiger charge is -2.10. The van der Waals surface area contributed by atoms with Crippen molar-refractivity contribution in [1.82, 2.24) is 15.2 Å². The number of rotatable bonds is 9. The third kappa shape index (κ3) is 5.97. The molecule has 0 spiro atoms. The van der Waals surface area contributed by atoms with Gasteiger partial charge in [0, 0.05) is 24.5 Å². The lowest BCUT2D eigenvalue weighted by molar-refractivity contribution is -0.127. The van der Waals surface area contributed by atoms with E-state index in [0.717, 1.165) is 23.4 Å². The van der Waals surface area contributed by atoms with Gasteiger partial charge in [0.2, 0.25) is 5.91 Å².